The van der Waals surface area contributed by atoms with Crippen LogP contribution in [0, 0.1) is 6.92 Å². The van der Waals surface area contributed by atoms with Gasteiger partial charge in [0.05, 0.1) is 6.26 Å². The molecule has 0 unspecified atom stereocenters. The first-order valence-electron chi connectivity index (χ1n) is 10.2. The molecule has 8 nitrogen and oxygen atoms in total. The number of hydrogen-bond donors (Lipinski definition) is 1. The molecule has 1 amide bonds. The number of carbonyl (C=O) groups is 1. The number of aromatic nitrogens is 3. The molecule has 0 saturated carbocycles. The number of thiazole rings is 1. The highest BCUT2D eigenvalue weighted by Crippen LogP contribution is 2.34. The molecule has 1 aliphatic heterocycles. The van der Waals surface area contributed by atoms with E-state index in [4.69, 9.17) is 9.40 Å². The van der Waals surface area contributed by atoms with E-state index in [9.17, 15) is 9.59 Å². The van der Waals surface area contributed by atoms with Crippen LogP contribution in [0.15, 0.2) is 51.9 Å². The van der Waals surface area contributed by atoms with E-state index in [1.165, 1.54) is 22.2 Å². The van der Waals surface area contributed by atoms with Crippen LogP contribution in [-0.2, 0) is 11.3 Å². The van der Waals surface area contributed by atoms with Gasteiger partial charge in [0.15, 0.2) is 10.9 Å². The van der Waals surface area contributed by atoms with Gasteiger partial charge < -0.3 is 14.6 Å². The molecule has 0 bridgehead atoms. The lowest BCUT2D eigenvalue weighted by Gasteiger charge is -2.11. The minimum atomic E-state index is -0.505. The molecule has 1 aliphatic rings. The molecule has 0 radical (unpaired) electrons. The monoisotopic (exact) mass is 435 g/mol. The number of nitrogens with one attached hydrogen (secondary N) is 1. The number of fused-ring (bicyclic) bond motifs is 1. The number of benzene rings is 1. The van der Waals surface area contributed by atoms with E-state index < -0.39 is 5.69 Å². The van der Waals surface area contributed by atoms with E-state index in [2.05, 4.69) is 15.2 Å². The van der Waals surface area contributed by atoms with E-state index in [0.717, 1.165) is 36.6 Å². The number of rotatable bonds is 5. The molecule has 3 aromatic heterocycles. The number of nitrogens with zero attached hydrogens (tertiary/aromatic N) is 4. The predicted octanol–water partition coefficient (Wildman–Crippen LogP) is 3.66. The Hall–Kier alpha value is -3.46. The lowest BCUT2D eigenvalue weighted by molar-refractivity contribution is -0.116. The van der Waals surface area contributed by atoms with Gasteiger partial charge >= 0.3 is 5.69 Å². The molecule has 4 heterocycles. The Bertz CT molecular complexity index is 1300. The average Bonchev–Trinajstić information content (AvgIpc) is 3.51. The summed E-state index contributed by atoms with van der Waals surface area (Å²) in [4.78, 5) is 37.5. The van der Waals surface area contributed by atoms with Gasteiger partial charge in [0.25, 0.3) is 0 Å². The van der Waals surface area contributed by atoms with Crippen LogP contribution in [0.1, 0.15) is 18.4 Å². The molecule has 158 valence electrons. The molecular formula is C22H21N5O3S. The smallest absolute Gasteiger partial charge is 0.349 e. The lowest BCUT2D eigenvalue weighted by atomic mass is 10.2. The van der Waals surface area contributed by atoms with Crippen molar-refractivity contribution in [3.05, 3.63) is 58.7 Å². The molecular weight excluding hydrogens is 414 g/mol. The van der Waals surface area contributed by atoms with Crippen molar-refractivity contribution < 1.29 is 9.21 Å². The fraction of sp³-hybridized carbons (Fsp3) is 0.273. The Morgan fingerprint density at radius 3 is 2.77 bits per heavy atom. The van der Waals surface area contributed by atoms with Crippen LogP contribution in [0.5, 0.6) is 0 Å². The average molecular weight is 436 g/mol. The Labute approximate surface area is 182 Å². The normalized spacial score (nSPS) is 13.8. The Morgan fingerprint density at radius 1 is 1.19 bits per heavy atom. The van der Waals surface area contributed by atoms with E-state index in [1.54, 1.807) is 12.1 Å². The van der Waals surface area contributed by atoms with Crippen LogP contribution >= 0.6 is 11.3 Å². The number of hydrogen-bond acceptors (Lipinski definition) is 7. The highest BCUT2D eigenvalue weighted by molar-refractivity contribution is 7.22. The number of furan rings is 1. The Kier molecular flexibility index (Phi) is 5.03. The summed E-state index contributed by atoms with van der Waals surface area (Å²) in [5, 5.41) is 3.69. The van der Waals surface area contributed by atoms with Crippen molar-refractivity contribution in [1.29, 1.82) is 0 Å². The zero-order valence-corrected chi connectivity index (χ0v) is 17.8. The van der Waals surface area contributed by atoms with Gasteiger partial charge in [-0.15, -0.1) is 0 Å². The van der Waals surface area contributed by atoms with Crippen molar-refractivity contribution in [3.8, 4) is 11.5 Å². The number of aryl methyl sites for hydroxylation is 1. The van der Waals surface area contributed by atoms with Gasteiger partial charge in [-0.2, -0.15) is 4.98 Å². The number of anilines is 2. The zero-order valence-electron chi connectivity index (χ0n) is 17.0. The maximum absolute atomic E-state index is 12.9. The summed E-state index contributed by atoms with van der Waals surface area (Å²) in [6.07, 6.45) is 3.77. The van der Waals surface area contributed by atoms with E-state index in [-0.39, 0.29) is 12.5 Å². The molecule has 1 fully saturated rings. The minimum Gasteiger partial charge on any atom is -0.463 e. The molecule has 31 heavy (non-hydrogen) atoms. The van der Waals surface area contributed by atoms with Crippen LogP contribution < -0.4 is 15.9 Å². The van der Waals surface area contributed by atoms with Gasteiger partial charge in [-0.1, -0.05) is 23.5 Å². The van der Waals surface area contributed by atoms with Gasteiger partial charge in [-0.25, -0.2) is 9.78 Å². The van der Waals surface area contributed by atoms with Crippen LogP contribution in [0.2, 0.25) is 0 Å². The van der Waals surface area contributed by atoms with Crippen LogP contribution in [0.25, 0.3) is 21.8 Å². The summed E-state index contributed by atoms with van der Waals surface area (Å²) in [7, 11) is 0. The van der Waals surface area contributed by atoms with Crippen LogP contribution in [-0.4, -0.2) is 33.5 Å². The van der Waals surface area contributed by atoms with Crippen molar-refractivity contribution >= 4 is 38.4 Å². The van der Waals surface area contributed by atoms with Crippen molar-refractivity contribution in [2.75, 3.05) is 23.3 Å². The molecule has 0 spiro atoms. The second kappa shape index (κ2) is 7.99. The fourth-order valence-corrected chi connectivity index (χ4v) is 4.88. The third-order valence-electron chi connectivity index (χ3n) is 5.24. The molecule has 5 rings (SSSR count). The lowest BCUT2D eigenvalue weighted by Crippen LogP contribution is -2.29. The zero-order chi connectivity index (χ0) is 21.4. The first kappa shape index (κ1) is 19.5. The van der Waals surface area contributed by atoms with Gasteiger partial charge in [-0.3, -0.25) is 9.36 Å². The Balaban J connectivity index is 1.55. The number of amides is 1. The topological polar surface area (TPSA) is 93.3 Å². The molecule has 1 aromatic carbocycles. The summed E-state index contributed by atoms with van der Waals surface area (Å²) in [5.41, 5.74) is 2.21. The van der Waals surface area contributed by atoms with Crippen LogP contribution in [0.4, 0.5) is 10.8 Å². The third kappa shape index (κ3) is 3.84. The second-order valence-electron chi connectivity index (χ2n) is 7.57. The summed E-state index contributed by atoms with van der Waals surface area (Å²) < 4.78 is 6.88. The van der Waals surface area contributed by atoms with Gasteiger partial charge in [0, 0.05) is 18.8 Å². The standard InChI is InChI=1S/C22H21N5O3S/c1-14-6-4-7-15(12-14)23-17(28)13-27-20-19(25-22(31-20)26-9-2-3-10-26)18(24-21(27)29)16-8-5-11-30-16/h4-8,11-12H,2-3,9-10,13H2,1H3,(H,23,28). The quantitative estimate of drug-likeness (QED) is 0.514. The van der Waals surface area contributed by atoms with Gasteiger partial charge in [0.2, 0.25) is 5.91 Å². The third-order valence-corrected chi connectivity index (χ3v) is 6.38. The van der Waals surface area contributed by atoms with E-state index in [0.29, 0.717) is 27.5 Å². The second-order valence-corrected chi connectivity index (χ2v) is 8.52. The largest absolute Gasteiger partial charge is 0.463 e. The SMILES string of the molecule is Cc1cccc(NC(=O)Cn2c(=O)nc(-c3ccco3)c3nc(N4CCCC4)sc32)c1. The first-order valence-corrected chi connectivity index (χ1v) is 11.0. The van der Waals surface area contributed by atoms with Crippen molar-refractivity contribution in [1.82, 2.24) is 14.5 Å². The summed E-state index contributed by atoms with van der Waals surface area (Å²) >= 11 is 1.41. The summed E-state index contributed by atoms with van der Waals surface area (Å²) in [6.45, 7) is 3.68. The first-order chi connectivity index (χ1) is 15.1. The summed E-state index contributed by atoms with van der Waals surface area (Å²) in [6, 6.07) is 11.0. The Morgan fingerprint density at radius 2 is 2.03 bits per heavy atom. The maximum Gasteiger partial charge on any atom is 0.349 e. The molecule has 0 atom stereocenters. The molecule has 9 heteroatoms. The molecule has 4 aromatic rings. The maximum atomic E-state index is 12.9. The highest BCUT2D eigenvalue weighted by atomic mass is 32.1. The summed E-state index contributed by atoms with van der Waals surface area (Å²) in [5.74, 6) is 0.189. The van der Waals surface area contributed by atoms with E-state index in [1.807, 2.05) is 31.2 Å². The fourth-order valence-electron chi connectivity index (χ4n) is 3.77. The predicted molar refractivity (Wildman–Crippen MR) is 121 cm³/mol. The van der Waals surface area contributed by atoms with Crippen molar-refractivity contribution in [3.63, 3.8) is 0 Å². The van der Waals surface area contributed by atoms with Crippen molar-refractivity contribution in [2.45, 2.75) is 26.3 Å². The molecule has 0 aliphatic carbocycles. The van der Waals surface area contributed by atoms with Crippen LogP contribution in [0.3, 0.4) is 0 Å². The molecule has 1 saturated heterocycles. The molecule has 1 N–H and O–H groups in total. The van der Waals surface area contributed by atoms with Gasteiger partial charge in [-0.05, 0) is 49.6 Å². The van der Waals surface area contributed by atoms with E-state index >= 15 is 0 Å². The number of carbonyl (C=O) groups excluding carboxylic acids is 1. The minimum absolute atomic E-state index is 0.143. The van der Waals surface area contributed by atoms with Crippen molar-refractivity contribution in [2.24, 2.45) is 0 Å². The van der Waals surface area contributed by atoms with Gasteiger partial charge in [0.1, 0.15) is 22.6 Å². The highest BCUT2D eigenvalue weighted by Gasteiger charge is 2.23.